The third kappa shape index (κ3) is 5.87. The van der Waals surface area contributed by atoms with E-state index in [2.05, 4.69) is 25.8 Å². The predicted octanol–water partition coefficient (Wildman–Crippen LogP) is 4.14. The third-order valence-corrected chi connectivity index (χ3v) is 6.00. The molecule has 1 atom stereocenters. The Kier molecular flexibility index (Phi) is 7.33. The highest BCUT2D eigenvalue weighted by Crippen LogP contribution is 2.30. The van der Waals surface area contributed by atoms with Gasteiger partial charge in [-0.25, -0.2) is 0 Å². The summed E-state index contributed by atoms with van der Waals surface area (Å²) in [5.74, 6) is -0.453. The molecule has 2 amide bonds. The van der Waals surface area contributed by atoms with Gasteiger partial charge in [-0.15, -0.1) is 10.2 Å². The van der Waals surface area contributed by atoms with Gasteiger partial charge in [0.15, 0.2) is 10.9 Å². The molecule has 0 saturated carbocycles. The van der Waals surface area contributed by atoms with Crippen molar-refractivity contribution in [3.8, 4) is 11.3 Å². The second-order valence-electron chi connectivity index (χ2n) is 8.06. The summed E-state index contributed by atoms with van der Waals surface area (Å²) in [6, 6.07) is 9.55. The van der Waals surface area contributed by atoms with Gasteiger partial charge in [-0.3, -0.25) is 19.4 Å². The Hall–Kier alpha value is -3.46. The van der Waals surface area contributed by atoms with E-state index < -0.39 is 10.8 Å². The number of thioether (sulfide) groups is 1. The van der Waals surface area contributed by atoms with Crippen molar-refractivity contribution >= 4 is 35.0 Å². The van der Waals surface area contributed by atoms with E-state index in [1.54, 1.807) is 13.0 Å². The van der Waals surface area contributed by atoms with Gasteiger partial charge in [0.1, 0.15) is 0 Å². The van der Waals surface area contributed by atoms with E-state index in [9.17, 15) is 14.4 Å². The quantitative estimate of drug-likeness (QED) is 0.471. The molecule has 172 valence electrons. The van der Waals surface area contributed by atoms with Crippen molar-refractivity contribution in [2.45, 2.75) is 51.9 Å². The predicted molar refractivity (Wildman–Crippen MR) is 132 cm³/mol. The van der Waals surface area contributed by atoms with Crippen molar-refractivity contribution < 1.29 is 9.59 Å². The molecule has 0 fully saturated rings. The molecule has 3 aromatic rings. The maximum absolute atomic E-state index is 12.8. The monoisotopic (exact) mass is 465 g/mol. The maximum Gasteiger partial charge on any atom is 0.278 e. The smallest absolute Gasteiger partial charge is 0.278 e. The standard InChI is InChI=1S/C24H27N5O3S/c1-12-7-8-14(3)19(11-12)26-22(31)16(5)33-24-27-23(32)21(28-29-24)18-10-13(2)9-15(4)20(18)25-17(6)30/h7-11,16H,1-6H3,(H,25,30)(H,26,31)(H,27,29,32)/t16-/m0/s1. The number of rotatable bonds is 6. The molecule has 0 aliphatic heterocycles. The summed E-state index contributed by atoms with van der Waals surface area (Å²) in [5.41, 5.74) is 5.17. The van der Waals surface area contributed by atoms with Crippen LogP contribution in [-0.4, -0.2) is 32.2 Å². The average Bonchev–Trinajstić information content (AvgIpc) is 2.72. The highest BCUT2D eigenvalue weighted by atomic mass is 32.2. The van der Waals surface area contributed by atoms with Crippen LogP contribution in [0.1, 0.15) is 36.1 Å². The van der Waals surface area contributed by atoms with Crippen molar-refractivity contribution in [2.75, 3.05) is 10.6 Å². The van der Waals surface area contributed by atoms with Crippen LogP contribution in [0.3, 0.4) is 0 Å². The first-order valence-corrected chi connectivity index (χ1v) is 11.3. The molecule has 0 saturated heterocycles. The summed E-state index contributed by atoms with van der Waals surface area (Å²) in [4.78, 5) is 39.9. The van der Waals surface area contributed by atoms with Crippen LogP contribution >= 0.6 is 11.8 Å². The summed E-state index contributed by atoms with van der Waals surface area (Å²) in [6.07, 6.45) is 0. The number of aromatic nitrogens is 3. The number of carbonyl (C=O) groups excluding carboxylic acids is 2. The van der Waals surface area contributed by atoms with Crippen LogP contribution in [0.4, 0.5) is 11.4 Å². The fraction of sp³-hybridized carbons (Fsp3) is 0.292. The minimum Gasteiger partial charge on any atom is -0.325 e. The Bertz CT molecular complexity index is 1290. The number of nitrogens with one attached hydrogen (secondary N) is 3. The number of hydrogen-bond donors (Lipinski definition) is 3. The van der Waals surface area contributed by atoms with E-state index in [-0.39, 0.29) is 22.7 Å². The van der Waals surface area contributed by atoms with Crippen LogP contribution in [0.5, 0.6) is 0 Å². The number of H-pyrrole nitrogens is 1. The molecule has 1 heterocycles. The molecule has 0 bridgehead atoms. The lowest BCUT2D eigenvalue weighted by molar-refractivity contribution is -0.115. The Labute approximate surface area is 196 Å². The van der Waals surface area contributed by atoms with Gasteiger partial charge in [0.2, 0.25) is 11.8 Å². The largest absolute Gasteiger partial charge is 0.325 e. The maximum atomic E-state index is 12.8. The summed E-state index contributed by atoms with van der Waals surface area (Å²) >= 11 is 1.11. The Morgan fingerprint density at radius 2 is 1.70 bits per heavy atom. The van der Waals surface area contributed by atoms with Crippen LogP contribution in [0.25, 0.3) is 11.3 Å². The second-order valence-corrected chi connectivity index (χ2v) is 9.39. The number of amides is 2. The van der Waals surface area contributed by atoms with E-state index >= 15 is 0 Å². The van der Waals surface area contributed by atoms with Crippen molar-refractivity contribution in [2.24, 2.45) is 0 Å². The zero-order chi connectivity index (χ0) is 24.3. The van der Waals surface area contributed by atoms with Crippen LogP contribution in [0.15, 0.2) is 40.3 Å². The molecule has 3 N–H and O–H groups in total. The number of benzene rings is 2. The molecule has 0 spiro atoms. The SMILES string of the molecule is CC(=O)Nc1c(C)cc(C)cc1-c1nnc(S[C@@H](C)C(=O)Nc2cc(C)ccc2C)[nH]c1=O. The van der Waals surface area contributed by atoms with Gasteiger partial charge in [0.05, 0.1) is 10.9 Å². The molecule has 8 nitrogen and oxygen atoms in total. The highest BCUT2D eigenvalue weighted by molar-refractivity contribution is 8.00. The summed E-state index contributed by atoms with van der Waals surface area (Å²) < 4.78 is 0. The first-order valence-electron chi connectivity index (χ1n) is 10.5. The van der Waals surface area contributed by atoms with E-state index in [1.807, 2.05) is 52.0 Å². The molecule has 3 rings (SSSR count). The summed E-state index contributed by atoms with van der Waals surface area (Å²) in [6.45, 7) is 10.8. The number of carbonyl (C=O) groups is 2. The topological polar surface area (TPSA) is 117 Å². The minimum atomic E-state index is -0.517. The molecule has 9 heteroatoms. The zero-order valence-electron chi connectivity index (χ0n) is 19.5. The van der Waals surface area contributed by atoms with Gasteiger partial charge < -0.3 is 10.6 Å². The Morgan fingerprint density at radius 1 is 0.970 bits per heavy atom. The van der Waals surface area contributed by atoms with Crippen molar-refractivity contribution in [1.29, 1.82) is 0 Å². The van der Waals surface area contributed by atoms with Gasteiger partial charge in [-0.2, -0.15) is 0 Å². The molecule has 0 aliphatic carbocycles. The molecule has 0 aliphatic rings. The molecule has 33 heavy (non-hydrogen) atoms. The first-order chi connectivity index (χ1) is 15.5. The van der Waals surface area contributed by atoms with Crippen LogP contribution in [-0.2, 0) is 9.59 Å². The molecule has 0 radical (unpaired) electrons. The lowest BCUT2D eigenvalue weighted by Crippen LogP contribution is -2.24. The number of aromatic amines is 1. The van der Waals surface area contributed by atoms with Crippen LogP contribution in [0, 0.1) is 27.7 Å². The lowest BCUT2D eigenvalue weighted by Gasteiger charge is -2.14. The number of hydrogen-bond acceptors (Lipinski definition) is 6. The Balaban J connectivity index is 1.83. The third-order valence-electron chi connectivity index (χ3n) is 5.02. The summed E-state index contributed by atoms with van der Waals surface area (Å²) in [7, 11) is 0. The van der Waals surface area contributed by atoms with Crippen molar-refractivity contribution in [1.82, 2.24) is 15.2 Å². The second kappa shape index (κ2) is 9.99. The van der Waals surface area contributed by atoms with Crippen molar-refractivity contribution in [3.63, 3.8) is 0 Å². The lowest BCUT2D eigenvalue weighted by atomic mass is 10.0. The minimum absolute atomic E-state index is 0.0994. The molecular weight excluding hydrogens is 438 g/mol. The van der Waals surface area contributed by atoms with E-state index in [0.717, 1.165) is 39.7 Å². The highest BCUT2D eigenvalue weighted by Gasteiger charge is 2.20. The fourth-order valence-electron chi connectivity index (χ4n) is 3.37. The molecular formula is C24H27N5O3S. The number of aryl methyl sites for hydroxylation is 4. The average molecular weight is 466 g/mol. The van der Waals surface area contributed by atoms with Crippen LogP contribution < -0.4 is 16.2 Å². The molecule has 1 aromatic heterocycles. The molecule has 0 unspecified atom stereocenters. The van der Waals surface area contributed by atoms with Gasteiger partial charge >= 0.3 is 0 Å². The van der Waals surface area contributed by atoms with Crippen molar-refractivity contribution in [3.05, 3.63) is 62.9 Å². The van der Waals surface area contributed by atoms with E-state index in [4.69, 9.17) is 0 Å². The van der Waals surface area contributed by atoms with Gasteiger partial charge in [0, 0.05) is 18.2 Å². The first kappa shape index (κ1) is 24.2. The fourth-order valence-corrected chi connectivity index (χ4v) is 4.11. The molecule has 2 aromatic carbocycles. The van der Waals surface area contributed by atoms with Gasteiger partial charge in [-0.05, 0) is 63.4 Å². The van der Waals surface area contributed by atoms with E-state index in [0.29, 0.717) is 11.3 Å². The van der Waals surface area contributed by atoms with Gasteiger partial charge in [0.25, 0.3) is 5.56 Å². The zero-order valence-corrected chi connectivity index (χ0v) is 20.3. The Morgan fingerprint density at radius 3 is 2.36 bits per heavy atom. The summed E-state index contributed by atoms with van der Waals surface area (Å²) in [5, 5.41) is 13.7. The van der Waals surface area contributed by atoms with Crippen LogP contribution in [0.2, 0.25) is 0 Å². The number of nitrogens with zero attached hydrogens (tertiary/aromatic N) is 2. The number of anilines is 2. The van der Waals surface area contributed by atoms with E-state index in [1.165, 1.54) is 6.92 Å². The van der Waals surface area contributed by atoms with Gasteiger partial charge in [-0.1, -0.05) is 35.5 Å². The normalized spacial score (nSPS) is 11.7.